The van der Waals surface area contributed by atoms with E-state index in [0.29, 0.717) is 17.9 Å². The Morgan fingerprint density at radius 2 is 1.77 bits per heavy atom. The fourth-order valence-corrected chi connectivity index (χ4v) is 4.55. The predicted octanol–water partition coefficient (Wildman–Crippen LogP) is 3.75. The fourth-order valence-electron chi connectivity index (χ4n) is 4.55. The number of rotatable bonds is 8. The van der Waals surface area contributed by atoms with Crippen LogP contribution in [0.25, 0.3) is 11.0 Å². The summed E-state index contributed by atoms with van der Waals surface area (Å²) in [5.41, 5.74) is 1.89. The average molecular weight is 478 g/mol. The van der Waals surface area contributed by atoms with Crippen molar-refractivity contribution in [3.63, 3.8) is 0 Å². The maximum Gasteiger partial charge on any atom is 0.330 e. The number of aromatic nitrogens is 3. The first kappa shape index (κ1) is 24.9. The number of hydrogen-bond acceptors (Lipinski definition) is 5. The molecule has 2 aromatic heterocycles. The molecule has 0 saturated carbocycles. The van der Waals surface area contributed by atoms with E-state index in [1.54, 1.807) is 6.07 Å². The molecule has 4 rings (SSSR count). The first-order valence-corrected chi connectivity index (χ1v) is 12.5. The zero-order valence-electron chi connectivity index (χ0n) is 21.1. The molecule has 0 radical (unpaired) electrons. The van der Waals surface area contributed by atoms with Crippen LogP contribution in [0.15, 0.2) is 39.9 Å². The predicted molar refractivity (Wildman–Crippen MR) is 139 cm³/mol. The molecule has 0 unspecified atom stereocenters. The van der Waals surface area contributed by atoms with Gasteiger partial charge in [0.15, 0.2) is 5.65 Å². The first-order chi connectivity index (χ1) is 16.7. The van der Waals surface area contributed by atoms with E-state index in [1.165, 1.54) is 36.1 Å². The van der Waals surface area contributed by atoms with Gasteiger partial charge in [0.2, 0.25) is 0 Å². The van der Waals surface area contributed by atoms with Gasteiger partial charge in [0, 0.05) is 24.5 Å². The highest BCUT2D eigenvalue weighted by Gasteiger charge is 2.21. The number of fused-ring (bicyclic) bond motifs is 1. The van der Waals surface area contributed by atoms with Gasteiger partial charge in [-0.3, -0.25) is 19.1 Å². The van der Waals surface area contributed by atoms with Gasteiger partial charge < -0.3 is 10.2 Å². The second kappa shape index (κ2) is 10.6. The number of carbonyl (C=O) groups excluding carboxylic acids is 1. The molecule has 3 aromatic rings. The van der Waals surface area contributed by atoms with Crippen molar-refractivity contribution >= 4 is 22.6 Å². The molecule has 8 nitrogen and oxygen atoms in total. The van der Waals surface area contributed by atoms with Crippen molar-refractivity contribution in [2.45, 2.75) is 59.4 Å². The van der Waals surface area contributed by atoms with Crippen LogP contribution in [0, 0.1) is 5.92 Å². The molecular formula is C27H35N5O3. The molecule has 35 heavy (non-hydrogen) atoms. The minimum Gasteiger partial charge on any atom is -0.322 e. The minimum absolute atomic E-state index is 0.0164. The summed E-state index contributed by atoms with van der Waals surface area (Å²) in [5.74, 6) is -0.223. The van der Waals surface area contributed by atoms with E-state index in [4.69, 9.17) is 0 Å². The van der Waals surface area contributed by atoms with Crippen LogP contribution in [-0.4, -0.2) is 45.0 Å². The zero-order chi connectivity index (χ0) is 25.1. The van der Waals surface area contributed by atoms with Crippen LogP contribution in [0.4, 0.5) is 5.69 Å². The molecule has 0 bridgehead atoms. The highest BCUT2D eigenvalue weighted by Crippen LogP contribution is 2.22. The minimum atomic E-state index is -0.602. The summed E-state index contributed by atoms with van der Waals surface area (Å²) in [7, 11) is 0. The summed E-state index contributed by atoms with van der Waals surface area (Å²) >= 11 is 0. The summed E-state index contributed by atoms with van der Waals surface area (Å²) in [4.78, 5) is 48.2. The molecule has 2 N–H and O–H groups in total. The van der Waals surface area contributed by atoms with Crippen molar-refractivity contribution < 1.29 is 4.79 Å². The second-order valence-electron chi connectivity index (χ2n) is 10.2. The van der Waals surface area contributed by atoms with Gasteiger partial charge in [-0.1, -0.05) is 39.8 Å². The molecule has 0 aliphatic carbocycles. The van der Waals surface area contributed by atoms with Crippen LogP contribution in [-0.2, 0) is 13.0 Å². The third kappa shape index (κ3) is 5.70. The van der Waals surface area contributed by atoms with E-state index >= 15 is 0 Å². The fraction of sp³-hybridized carbons (Fsp3) is 0.481. The van der Waals surface area contributed by atoms with Crippen LogP contribution < -0.4 is 16.6 Å². The van der Waals surface area contributed by atoms with Gasteiger partial charge in [-0.2, -0.15) is 0 Å². The Hall–Kier alpha value is -3.26. The highest BCUT2D eigenvalue weighted by molar-refractivity contribution is 6.11. The van der Waals surface area contributed by atoms with E-state index in [-0.39, 0.29) is 28.4 Å². The van der Waals surface area contributed by atoms with Crippen LogP contribution >= 0.6 is 0 Å². The Bertz CT molecular complexity index is 1320. The standard InChI is InChI=1S/C27H35N5O3/c1-17(2)16-32-24-23(26(34)30-27(32)35)21(15-22(29-24)18(3)4)25(33)28-20-9-7-19(8-10-20)11-14-31-12-5-6-13-31/h7-10,15,17-18H,5-6,11-14,16H2,1-4H3,(H,28,33)(H,30,34,35). The number of amides is 1. The van der Waals surface area contributed by atoms with E-state index in [0.717, 1.165) is 13.0 Å². The monoisotopic (exact) mass is 477 g/mol. The van der Waals surface area contributed by atoms with Crippen molar-refractivity contribution in [2.75, 3.05) is 25.0 Å². The van der Waals surface area contributed by atoms with E-state index in [9.17, 15) is 14.4 Å². The van der Waals surface area contributed by atoms with Gasteiger partial charge in [-0.05, 0) is 68.0 Å². The van der Waals surface area contributed by atoms with Crippen molar-refractivity contribution in [2.24, 2.45) is 5.92 Å². The Labute approximate surface area is 205 Å². The van der Waals surface area contributed by atoms with E-state index < -0.39 is 17.2 Å². The maximum absolute atomic E-state index is 13.4. The molecule has 1 aliphatic rings. The third-order valence-corrected chi connectivity index (χ3v) is 6.48. The molecule has 3 heterocycles. The van der Waals surface area contributed by atoms with E-state index in [1.807, 2.05) is 52.0 Å². The van der Waals surface area contributed by atoms with E-state index in [2.05, 4.69) is 20.2 Å². The number of benzene rings is 1. The largest absolute Gasteiger partial charge is 0.330 e. The molecule has 1 aromatic carbocycles. The normalized spacial score (nSPS) is 14.3. The summed E-state index contributed by atoms with van der Waals surface area (Å²) in [6.45, 7) is 11.7. The van der Waals surface area contributed by atoms with Gasteiger partial charge in [-0.15, -0.1) is 0 Å². The summed E-state index contributed by atoms with van der Waals surface area (Å²) in [5, 5.41) is 3.06. The van der Waals surface area contributed by atoms with Gasteiger partial charge in [-0.25, -0.2) is 9.78 Å². The summed E-state index contributed by atoms with van der Waals surface area (Å²) < 4.78 is 1.46. The number of nitrogens with one attached hydrogen (secondary N) is 2. The lowest BCUT2D eigenvalue weighted by molar-refractivity contribution is 0.102. The zero-order valence-corrected chi connectivity index (χ0v) is 21.1. The molecule has 0 atom stereocenters. The summed E-state index contributed by atoms with van der Waals surface area (Å²) in [6.07, 6.45) is 3.54. The lowest BCUT2D eigenvalue weighted by Gasteiger charge is -2.16. The molecule has 1 saturated heterocycles. The third-order valence-electron chi connectivity index (χ3n) is 6.48. The number of likely N-dealkylation sites (tertiary alicyclic amines) is 1. The number of anilines is 1. The number of aromatic amines is 1. The highest BCUT2D eigenvalue weighted by atomic mass is 16.2. The SMILES string of the molecule is CC(C)Cn1c(=O)[nH]c(=O)c2c(C(=O)Nc3ccc(CCN4CCCC4)cc3)cc(C(C)C)nc21. The number of hydrogen-bond donors (Lipinski definition) is 2. The van der Waals surface area contributed by atoms with Crippen molar-refractivity contribution in [3.05, 3.63) is 68.0 Å². The average Bonchev–Trinajstić information content (AvgIpc) is 3.34. The second-order valence-corrected chi connectivity index (χ2v) is 10.2. The van der Waals surface area contributed by atoms with Crippen molar-refractivity contribution in [1.82, 2.24) is 19.4 Å². The van der Waals surface area contributed by atoms with Crippen LogP contribution in [0.5, 0.6) is 0 Å². The molecule has 1 aliphatic heterocycles. The first-order valence-electron chi connectivity index (χ1n) is 12.5. The number of H-pyrrole nitrogens is 1. The molecule has 0 spiro atoms. The van der Waals surface area contributed by atoms with Crippen LogP contribution in [0.1, 0.15) is 68.1 Å². The Morgan fingerprint density at radius 1 is 1.09 bits per heavy atom. The van der Waals surface area contributed by atoms with Gasteiger partial charge in [0.1, 0.15) is 0 Å². The smallest absolute Gasteiger partial charge is 0.322 e. The Balaban J connectivity index is 1.64. The topological polar surface area (TPSA) is 100 Å². The van der Waals surface area contributed by atoms with Crippen molar-refractivity contribution in [1.29, 1.82) is 0 Å². The Morgan fingerprint density at radius 3 is 2.40 bits per heavy atom. The lowest BCUT2D eigenvalue weighted by atomic mass is 10.0. The van der Waals surface area contributed by atoms with Gasteiger partial charge in [0.25, 0.3) is 11.5 Å². The number of nitrogens with zero attached hydrogens (tertiary/aromatic N) is 3. The molecule has 1 amide bonds. The van der Waals surface area contributed by atoms with Gasteiger partial charge in [0.05, 0.1) is 10.9 Å². The molecular weight excluding hydrogens is 442 g/mol. The van der Waals surface area contributed by atoms with Crippen molar-refractivity contribution in [3.8, 4) is 0 Å². The van der Waals surface area contributed by atoms with Gasteiger partial charge >= 0.3 is 5.69 Å². The summed E-state index contributed by atoms with van der Waals surface area (Å²) in [6, 6.07) is 9.50. The number of carbonyl (C=O) groups is 1. The molecule has 8 heteroatoms. The maximum atomic E-state index is 13.4. The van der Waals surface area contributed by atoms with Crippen LogP contribution in [0.3, 0.4) is 0 Å². The molecule has 186 valence electrons. The molecule has 1 fully saturated rings. The lowest BCUT2D eigenvalue weighted by Crippen LogP contribution is -2.33. The quantitative estimate of drug-likeness (QED) is 0.515. The van der Waals surface area contributed by atoms with Crippen LogP contribution in [0.2, 0.25) is 0 Å². The number of pyridine rings is 1. The Kier molecular flexibility index (Phi) is 7.50.